The molecule has 0 amide bonds. The van der Waals surface area contributed by atoms with Crippen LogP contribution in [0.4, 0.5) is 5.69 Å². The quantitative estimate of drug-likeness (QED) is 0.774. The fourth-order valence-corrected chi connectivity index (χ4v) is 1.27. The highest BCUT2D eigenvalue weighted by Gasteiger charge is 2.01. The van der Waals surface area contributed by atoms with Gasteiger partial charge in [-0.15, -0.1) is 0 Å². The van der Waals surface area contributed by atoms with Crippen molar-refractivity contribution < 1.29 is 0 Å². The number of rotatable bonds is 2. The molecule has 70 valence electrons. The van der Waals surface area contributed by atoms with Gasteiger partial charge in [0.15, 0.2) is 0 Å². The molecule has 2 heterocycles. The lowest BCUT2D eigenvalue weighted by molar-refractivity contribution is 1.02. The second-order valence-electron chi connectivity index (χ2n) is 3.04. The summed E-state index contributed by atoms with van der Waals surface area (Å²) in [6.07, 6.45) is 4.20. The summed E-state index contributed by atoms with van der Waals surface area (Å²) in [5, 5.41) is 0. The van der Waals surface area contributed by atoms with Crippen molar-refractivity contribution >= 4 is 5.69 Å². The van der Waals surface area contributed by atoms with Crippen molar-refractivity contribution in [2.45, 2.75) is 6.42 Å². The van der Waals surface area contributed by atoms with Crippen molar-refractivity contribution in [3.05, 3.63) is 54.1 Å². The largest absolute Gasteiger partial charge is 0.397 e. The third-order valence-electron chi connectivity index (χ3n) is 2.00. The minimum Gasteiger partial charge on any atom is -0.397 e. The zero-order chi connectivity index (χ0) is 9.80. The van der Waals surface area contributed by atoms with Crippen molar-refractivity contribution in [2.75, 3.05) is 5.73 Å². The molecule has 0 aliphatic heterocycles. The van der Waals surface area contributed by atoms with Gasteiger partial charge in [-0.1, -0.05) is 6.07 Å². The number of hydrogen-bond donors (Lipinski definition) is 1. The molecule has 2 rings (SSSR count). The van der Waals surface area contributed by atoms with Crippen molar-refractivity contribution in [3.8, 4) is 0 Å². The van der Waals surface area contributed by atoms with Crippen LogP contribution in [0.25, 0.3) is 0 Å². The molecule has 0 fully saturated rings. The van der Waals surface area contributed by atoms with Gasteiger partial charge in [0.05, 0.1) is 11.4 Å². The smallest absolute Gasteiger partial charge is 0.0692 e. The van der Waals surface area contributed by atoms with Crippen molar-refractivity contribution in [1.29, 1.82) is 0 Å². The second-order valence-corrected chi connectivity index (χ2v) is 3.04. The van der Waals surface area contributed by atoms with E-state index < -0.39 is 0 Å². The summed E-state index contributed by atoms with van der Waals surface area (Å²) < 4.78 is 0. The van der Waals surface area contributed by atoms with E-state index in [1.54, 1.807) is 12.4 Å². The third kappa shape index (κ3) is 1.88. The summed E-state index contributed by atoms with van der Waals surface area (Å²) in [6, 6.07) is 9.50. The number of nitrogens with zero attached hydrogens (tertiary/aromatic N) is 2. The number of anilines is 1. The van der Waals surface area contributed by atoms with Crippen LogP contribution in [0.1, 0.15) is 11.4 Å². The first-order valence-electron chi connectivity index (χ1n) is 4.45. The molecule has 2 aromatic rings. The van der Waals surface area contributed by atoms with Crippen molar-refractivity contribution in [3.63, 3.8) is 0 Å². The van der Waals surface area contributed by atoms with Crippen LogP contribution in [0.15, 0.2) is 42.7 Å². The highest BCUT2D eigenvalue weighted by molar-refractivity contribution is 5.43. The van der Waals surface area contributed by atoms with Crippen molar-refractivity contribution in [2.24, 2.45) is 0 Å². The Morgan fingerprint density at radius 1 is 1.00 bits per heavy atom. The molecule has 0 radical (unpaired) electrons. The zero-order valence-corrected chi connectivity index (χ0v) is 7.72. The maximum absolute atomic E-state index is 5.78. The first kappa shape index (κ1) is 8.69. The molecule has 0 saturated carbocycles. The highest BCUT2D eigenvalue weighted by Crippen LogP contribution is 2.11. The Bertz CT molecular complexity index is 412. The van der Waals surface area contributed by atoms with Gasteiger partial charge in [-0.05, 0) is 24.3 Å². The van der Waals surface area contributed by atoms with E-state index in [2.05, 4.69) is 9.97 Å². The van der Waals surface area contributed by atoms with Gasteiger partial charge >= 0.3 is 0 Å². The van der Waals surface area contributed by atoms with E-state index in [1.165, 1.54) is 0 Å². The maximum atomic E-state index is 5.78. The van der Waals surface area contributed by atoms with E-state index in [0.29, 0.717) is 6.42 Å². The van der Waals surface area contributed by atoms with E-state index in [0.717, 1.165) is 17.1 Å². The number of hydrogen-bond acceptors (Lipinski definition) is 3. The zero-order valence-electron chi connectivity index (χ0n) is 7.72. The Hall–Kier alpha value is -1.90. The molecule has 2 aromatic heterocycles. The van der Waals surface area contributed by atoms with Gasteiger partial charge in [-0.25, -0.2) is 0 Å². The van der Waals surface area contributed by atoms with Gasteiger partial charge in [0, 0.05) is 24.5 Å². The Morgan fingerprint density at radius 2 is 1.86 bits per heavy atom. The molecule has 2 N–H and O–H groups in total. The predicted octanol–water partition coefficient (Wildman–Crippen LogP) is 1.65. The van der Waals surface area contributed by atoms with Gasteiger partial charge in [0.25, 0.3) is 0 Å². The van der Waals surface area contributed by atoms with Gasteiger partial charge in [0.2, 0.25) is 0 Å². The summed E-state index contributed by atoms with van der Waals surface area (Å²) in [4.78, 5) is 8.43. The molecule has 0 aliphatic rings. The van der Waals surface area contributed by atoms with Gasteiger partial charge in [0.1, 0.15) is 0 Å². The fraction of sp³-hybridized carbons (Fsp3) is 0.0909. The SMILES string of the molecule is Nc1cccnc1Cc1ccccn1. The molecular formula is C11H11N3. The topological polar surface area (TPSA) is 51.8 Å². The van der Waals surface area contributed by atoms with Crippen LogP contribution < -0.4 is 5.73 Å². The van der Waals surface area contributed by atoms with E-state index in [9.17, 15) is 0 Å². The first-order valence-corrected chi connectivity index (χ1v) is 4.45. The van der Waals surface area contributed by atoms with Crippen LogP contribution in [0.2, 0.25) is 0 Å². The standard InChI is InChI=1S/C11H11N3/c12-10-5-3-7-14-11(10)8-9-4-1-2-6-13-9/h1-7H,8,12H2. The molecular weight excluding hydrogens is 174 g/mol. The minimum absolute atomic E-state index is 0.688. The number of aromatic nitrogens is 2. The first-order chi connectivity index (χ1) is 6.86. The highest BCUT2D eigenvalue weighted by atomic mass is 14.7. The molecule has 3 heteroatoms. The minimum atomic E-state index is 0.688. The summed E-state index contributed by atoms with van der Waals surface area (Å²) in [5.74, 6) is 0. The van der Waals surface area contributed by atoms with Crippen LogP contribution >= 0.6 is 0 Å². The maximum Gasteiger partial charge on any atom is 0.0692 e. The predicted molar refractivity (Wildman–Crippen MR) is 55.7 cm³/mol. The lowest BCUT2D eigenvalue weighted by Gasteiger charge is -2.02. The number of pyridine rings is 2. The Kier molecular flexibility index (Phi) is 2.40. The summed E-state index contributed by atoms with van der Waals surface area (Å²) in [6.45, 7) is 0. The van der Waals surface area contributed by atoms with Crippen LogP contribution in [-0.4, -0.2) is 9.97 Å². The van der Waals surface area contributed by atoms with Gasteiger partial charge in [-0.3, -0.25) is 9.97 Å². The van der Waals surface area contributed by atoms with Crippen LogP contribution in [0, 0.1) is 0 Å². The molecule has 0 aromatic carbocycles. The molecule has 0 spiro atoms. The molecule has 0 aliphatic carbocycles. The van der Waals surface area contributed by atoms with Crippen LogP contribution in [-0.2, 0) is 6.42 Å². The summed E-state index contributed by atoms with van der Waals surface area (Å²) >= 11 is 0. The van der Waals surface area contributed by atoms with Gasteiger partial charge in [-0.2, -0.15) is 0 Å². The monoisotopic (exact) mass is 185 g/mol. The Labute approximate surface area is 82.6 Å². The Balaban J connectivity index is 2.24. The second kappa shape index (κ2) is 3.87. The molecule has 0 bridgehead atoms. The summed E-state index contributed by atoms with van der Waals surface area (Å²) in [5.41, 5.74) is 8.36. The van der Waals surface area contributed by atoms with E-state index in [1.807, 2.05) is 30.3 Å². The molecule has 14 heavy (non-hydrogen) atoms. The summed E-state index contributed by atoms with van der Waals surface area (Å²) in [7, 11) is 0. The lowest BCUT2D eigenvalue weighted by atomic mass is 10.2. The Morgan fingerprint density at radius 3 is 2.57 bits per heavy atom. The number of nitrogens with two attached hydrogens (primary N) is 1. The molecule has 0 atom stereocenters. The molecule has 0 saturated heterocycles. The van der Waals surface area contributed by atoms with Crippen LogP contribution in [0.5, 0.6) is 0 Å². The normalized spacial score (nSPS) is 10.0. The van der Waals surface area contributed by atoms with E-state index in [-0.39, 0.29) is 0 Å². The van der Waals surface area contributed by atoms with Crippen molar-refractivity contribution in [1.82, 2.24) is 9.97 Å². The molecule has 3 nitrogen and oxygen atoms in total. The molecule has 0 unspecified atom stereocenters. The number of nitrogen functional groups attached to an aromatic ring is 1. The van der Waals surface area contributed by atoms with Gasteiger partial charge < -0.3 is 5.73 Å². The lowest BCUT2D eigenvalue weighted by Crippen LogP contribution is -1.99. The van der Waals surface area contributed by atoms with E-state index in [4.69, 9.17) is 5.73 Å². The fourth-order valence-electron chi connectivity index (χ4n) is 1.27. The van der Waals surface area contributed by atoms with Crippen LogP contribution in [0.3, 0.4) is 0 Å². The van der Waals surface area contributed by atoms with E-state index >= 15 is 0 Å². The third-order valence-corrected chi connectivity index (χ3v) is 2.00. The average Bonchev–Trinajstić information content (AvgIpc) is 2.23. The average molecular weight is 185 g/mol.